The lowest BCUT2D eigenvalue weighted by Gasteiger charge is -2.08. The average Bonchev–Trinajstić information content (AvgIpc) is 2.76. The zero-order chi connectivity index (χ0) is 13.6. The van der Waals surface area contributed by atoms with E-state index in [1.165, 1.54) is 0 Å². The lowest BCUT2D eigenvalue weighted by Crippen LogP contribution is -1.94. The second-order valence-electron chi connectivity index (χ2n) is 4.08. The van der Waals surface area contributed by atoms with E-state index in [1.807, 2.05) is 16.7 Å². The van der Waals surface area contributed by atoms with Crippen LogP contribution in [-0.2, 0) is 0 Å². The number of hydrogen-bond donors (Lipinski definition) is 1. The number of imidazole rings is 1. The fraction of sp³-hybridized carbons (Fsp3) is 0. The molecule has 0 saturated heterocycles. The molecule has 6 heteroatoms. The Labute approximate surface area is 124 Å². The van der Waals surface area contributed by atoms with Crippen LogP contribution in [-0.4, -0.2) is 9.55 Å². The second kappa shape index (κ2) is 4.60. The molecule has 0 bridgehead atoms. The molecule has 19 heavy (non-hydrogen) atoms. The maximum absolute atomic E-state index is 6.21. The van der Waals surface area contributed by atoms with Crippen molar-refractivity contribution in [3.63, 3.8) is 0 Å². The van der Waals surface area contributed by atoms with E-state index in [9.17, 15) is 0 Å². The van der Waals surface area contributed by atoms with Crippen molar-refractivity contribution in [2.24, 2.45) is 0 Å². The van der Waals surface area contributed by atoms with Crippen LogP contribution in [0.1, 0.15) is 0 Å². The molecule has 3 nitrogen and oxygen atoms in total. The first-order valence-electron chi connectivity index (χ1n) is 5.44. The van der Waals surface area contributed by atoms with E-state index >= 15 is 0 Å². The van der Waals surface area contributed by atoms with Gasteiger partial charge in [-0.2, -0.15) is 0 Å². The molecule has 2 N–H and O–H groups in total. The van der Waals surface area contributed by atoms with Crippen LogP contribution in [0.4, 0.5) is 5.69 Å². The molecule has 0 saturated carbocycles. The van der Waals surface area contributed by atoms with Gasteiger partial charge in [-0.05, 0) is 30.3 Å². The van der Waals surface area contributed by atoms with E-state index < -0.39 is 0 Å². The number of hydrogen-bond acceptors (Lipinski definition) is 2. The molecular weight excluding hydrogens is 305 g/mol. The fourth-order valence-electron chi connectivity index (χ4n) is 1.92. The average molecular weight is 313 g/mol. The Hall–Kier alpha value is -1.42. The van der Waals surface area contributed by atoms with Crippen LogP contribution in [0.3, 0.4) is 0 Å². The number of rotatable bonds is 1. The number of benzene rings is 2. The highest BCUT2D eigenvalue weighted by molar-refractivity contribution is 6.43. The highest BCUT2D eigenvalue weighted by Crippen LogP contribution is 2.32. The number of nitrogens with zero attached hydrogens (tertiary/aromatic N) is 2. The third-order valence-corrected chi connectivity index (χ3v) is 3.85. The van der Waals surface area contributed by atoms with Crippen LogP contribution in [0, 0.1) is 0 Å². The van der Waals surface area contributed by atoms with Crippen molar-refractivity contribution < 1.29 is 0 Å². The molecule has 0 amide bonds. The Morgan fingerprint density at radius 1 is 0.947 bits per heavy atom. The molecule has 0 aliphatic carbocycles. The lowest BCUT2D eigenvalue weighted by molar-refractivity contribution is 1.09. The molecule has 0 aliphatic rings. The van der Waals surface area contributed by atoms with Crippen LogP contribution in [0.2, 0.25) is 15.1 Å². The Bertz CT molecular complexity index is 780. The summed E-state index contributed by atoms with van der Waals surface area (Å²) in [6.45, 7) is 0. The quantitative estimate of drug-likeness (QED) is 0.528. The summed E-state index contributed by atoms with van der Waals surface area (Å²) < 4.78 is 1.85. The van der Waals surface area contributed by atoms with Gasteiger partial charge in [-0.3, -0.25) is 4.57 Å². The summed E-state index contributed by atoms with van der Waals surface area (Å²) in [6.07, 6.45) is 1.68. The molecule has 96 valence electrons. The normalized spacial score (nSPS) is 11.1. The minimum Gasteiger partial charge on any atom is -0.399 e. The number of anilines is 1. The van der Waals surface area contributed by atoms with Gasteiger partial charge in [0.1, 0.15) is 6.33 Å². The zero-order valence-electron chi connectivity index (χ0n) is 9.57. The molecule has 0 unspecified atom stereocenters. The van der Waals surface area contributed by atoms with E-state index in [2.05, 4.69) is 4.98 Å². The van der Waals surface area contributed by atoms with E-state index in [4.69, 9.17) is 40.5 Å². The predicted molar refractivity (Wildman–Crippen MR) is 80.5 cm³/mol. The lowest BCUT2D eigenvalue weighted by atomic mass is 10.2. The molecule has 0 radical (unpaired) electrons. The molecule has 0 spiro atoms. The van der Waals surface area contributed by atoms with Crippen LogP contribution in [0.5, 0.6) is 0 Å². The van der Waals surface area contributed by atoms with Gasteiger partial charge in [0.15, 0.2) is 0 Å². The van der Waals surface area contributed by atoms with Crippen LogP contribution in [0.15, 0.2) is 36.7 Å². The van der Waals surface area contributed by atoms with Crippen molar-refractivity contribution in [2.75, 3.05) is 5.73 Å². The number of nitrogen functional groups attached to an aromatic ring is 1. The van der Waals surface area contributed by atoms with Crippen molar-refractivity contribution in [3.8, 4) is 5.69 Å². The first-order chi connectivity index (χ1) is 9.06. The summed E-state index contributed by atoms with van der Waals surface area (Å²) in [7, 11) is 0. The van der Waals surface area contributed by atoms with E-state index in [0.717, 1.165) is 16.7 Å². The third kappa shape index (κ3) is 2.14. The van der Waals surface area contributed by atoms with Crippen molar-refractivity contribution in [2.45, 2.75) is 0 Å². The maximum Gasteiger partial charge on any atom is 0.100 e. The maximum atomic E-state index is 6.21. The van der Waals surface area contributed by atoms with Gasteiger partial charge < -0.3 is 5.73 Å². The van der Waals surface area contributed by atoms with Crippen molar-refractivity contribution in [1.29, 1.82) is 0 Å². The highest BCUT2D eigenvalue weighted by Gasteiger charge is 2.11. The molecule has 0 atom stereocenters. The summed E-state index contributed by atoms with van der Waals surface area (Å²) >= 11 is 18.2. The van der Waals surface area contributed by atoms with Crippen LogP contribution < -0.4 is 5.73 Å². The highest BCUT2D eigenvalue weighted by atomic mass is 35.5. The van der Waals surface area contributed by atoms with E-state index in [0.29, 0.717) is 20.8 Å². The van der Waals surface area contributed by atoms with Crippen molar-refractivity contribution in [1.82, 2.24) is 9.55 Å². The minimum atomic E-state index is 0.420. The molecule has 0 aliphatic heterocycles. The summed E-state index contributed by atoms with van der Waals surface area (Å²) in [4.78, 5) is 4.30. The van der Waals surface area contributed by atoms with Gasteiger partial charge in [0.05, 0.1) is 31.8 Å². The summed E-state index contributed by atoms with van der Waals surface area (Å²) in [5, 5.41) is 1.37. The molecule has 0 fully saturated rings. The minimum absolute atomic E-state index is 0.420. The fourth-order valence-corrected chi connectivity index (χ4v) is 2.55. The van der Waals surface area contributed by atoms with Crippen LogP contribution >= 0.6 is 34.8 Å². The van der Waals surface area contributed by atoms with E-state index in [1.54, 1.807) is 24.5 Å². The number of aromatic nitrogens is 2. The van der Waals surface area contributed by atoms with E-state index in [-0.39, 0.29) is 0 Å². The zero-order valence-corrected chi connectivity index (χ0v) is 11.8. The van der Waals surface area contributed by atoms with Gasteiger partial charge in [0, 0.05) is 5.69 Å². The topological polar surface area (TPSA) is 43.8 Å². The Morgan fingerprint density at radius 2 is 1.68 bits per heavy atom. The molecule has 1 heterocycles. The van der Waals surface area contributed by atoms with Gasteiger partial charge >= 0.3 is 0 Å². The number of nitrogens with two attached hydrogens (primary N) is 1. The monoisotopic (exact) mass is 311 g/mol. The number of halogens is 3. The largest absolute Gasteiger partial charge is 0.399 e. The van der Waals surface area contributed by atoms with Gasteiger partial charge in [-0.1, -0.05) is 34.8 Å². The number of fused-ring (bicyclic) bond motifs is 1. The Balaban J connectivity index is 2.28. The molecule has 1 aromatic heterocycles. The van der Waals surface area contributed by atoms with Crippen molar-refractivity contribution >= 4 is 51.5 Å². The molecule has 3 aromatic rings. The Kier molecular flexibility index (Phi) is 3.05. The van der Waals surface area contributed by atoms with Crippen LogP contribution in [0.25, 0.3) is 16.7 Å². The first-order valence-corrected chi connectivity index (χ1v) is 6.57. The molecular formula is C13H8Cl3N3. The second-order valence-corrected chi connectivity index (χ2v) is 5.30. The standard InChI is InChI=1S/C13H8Cl3N3/c14-8-4-10(16)13(5-9(8)15)19-6-18-11-3-7(17)1-2-12(11)19/h1-6H,17H2. The van der Waals surface area contributed by atoms with Gasteiger partial charge in [-0.25, -0.2) is 4.98 Å². The first kappa shape index (κ1) is 12.6. The SMILES string of the molecule is Nc1ccc2c(c1)ncn2-c1cc(Cl)c(Cl)cc1Cl. The third-order valence-electron chi connectivity index (χ3n) is 2.82. The molecule has 3 rings (SSSR count). The summed E-state index contributed by atoms with van der Waals surface area (Å²) in [6, 6.07) is 8.83. The van der Waals surface area contributed by atoms with Gasteiger partial charge in [0.2, 0.25) is 0 Å². The van der Waals surface area contributed by atoms with Gasteiger partial charge in [0.25, 0.3) is 0 Å². The summed E-state index contributed by atoms with van der Waals surface area (Å²) in [5.74, 6) is 0. The Morgan fingerprint density at radius 3 is 2.47 bits per heavy atom. The summed E-state index contributed by atoms with van der Waals surface area (Å²) in [5.41, 5.74) is 8.81. The predicted octanol–water partition coefficient (Wildman–Crippen LogP) is 4.57. The van der Waals surface area contributed by atoms with Crippen molar-refractivity contribution in [3.05, 3.63) is 51.7 Å². The smallest absolute Gasteiger partial charge is 0.100 e. The molecule has 2 aromatic carbocycles. The van der Waals surface area contributed by atoms with Gasteiger partial charge in [-0.15, -0.1) is 0 Å².